The number of rotatable bonds is 3. The van der Waals surface area contributed by atoms with Crippen molar-refractivity contribution in [1.82, 2.24) is 15.2 Å². The lowest BCUT2D eigenvalue weighted by molar-refractivity contribution is 0.207. The normalized spacial score (nSPS) is 29.8. The number of urea groups is 1. The number of nitrogens with zero attached hydrogens (tertiary/aromatic N) is 3. The van der Waals surface area contributed by atoms with Crippen molar-refractivity contribution in [1.29, 1.82) is 0 Å². The van der Waals surface area contributed by atoms with Gasteiger partial charge in [0, 0.05) is 19.1 Å². The fraction of sp³-hybridized carbons (Fsp3) is 0.667. The number of carbonyl (C=O) groups is 1. The van der Waals surface area contributed by atoms with Crippen LogP contribution in [0.1, 0.15) is 33.6 Å². The van der Waals surface area contributed by atoms with E-state index in [1.54, 1.807) is 11.3 Å². The molecule has 3 aliphatic rings. The van der Waals surface area contributed by atoms with Gasteiger partial charge in [-0.3, -0.25) is 9.80 Å². The Kier molecular flexibility index (Phi) is 4.56. The van der Waals surface area contributed by atoms with Crippen molar-refractivity contribution < 1.29 is 9.53 Å². The molecule has 3 fully saturated rings. The first-order valence-corrected chi connectivity index (χ1v) is 10.0. The molecule has 2 amide bonds. The Morgan fingerprint density at radius 2 is 2.28 bits per heavy atom. The number of aromatic nitrogens is 1. The Hall–Kier alpha value is -1.44. The Morgan fingerprint density at radius 1 is 1.44 bits per heavy atom. The number of likely N-dealkylation sites (tertiary alicyclic amines) is 1. The molecule has 0 radical (unpaired) electrons. The SMILES string of the molecule is CC/C=c1/sc(N2C(=O)NC3CN(C(C)C)CC32)n/c1=C1\CCOC1. The molecule has 4 heterocycles. The van der Waals surface area contributed by atoms with E-state index < -0.39 is 0 Å². The monoisotopic (exact) mass is 362 g/mol. The number of thiazole rings is 1. The highest BCUT2D eigenvalue weighted by atomic mass is 32.1. The molecule has 25 heavy (non-hydrogen) atoms. The fourth-order valence-electron chi connectivity index (χ4n) is 3.90. The second kappa shape index (κ2) is 6.70. The van der Waals surface area contributed by atoms with Crippen molar-refractivity contribution in [3.05, 3.63) is 9.88 Å². The second-order valence-electron chi connectivity index (χ2n) is 7.27. The Balaban J connectivity index is 1.72. The first kappa shape index (κ1) is 17.0. The lowest BCUT2D eigenvalue weighted by Gasteiger charge is -2.23. The quantitative estimate of drug-likeness (QED) is 0.868. The summed E-state index contributed by atoms with van der Waals surface area (Å²) in [5.74, 6) is 0. The van der Waals surface area contributed by atoms with Crippen LogP contribution in [-0.4, -0.2) is 60.3 Å². The van der Waals surface area contributed by atoms with E-state index in [2.05, 4.69) is 37.1 Å². The number of fused-ring (bicyclic) bond motifs is 1. The third-order valence-corrected chi connectivity index (χ3v) is 6.35. The molecule has 4 rings (SSSR count). The van der Waals surface area contributed by atoms with Crippen molar-refractivity contribution in [2.75, 3.05) is 31.2 Å². The third kappa shape index (κ3) is 2.98. The van der Waals surface area contributed by atoms with E-state index >= 15 is 0 Å². The number of ether oxygens (including phenoxy) is 1. The van der Waals surface area contributed by atoms with E-state index in [1.165, 1.54) is 10.1 Å². The molecular weight excluding hydrogens is 336 g/mol. The summed E-state index contributed by atoms with van der Waals surface area (Å²) < 4.78 is 6.70. The maximum Gasteiger partial charge on any atom is 0.324 e. The average Bonchev–Trinajstić information content (AvgIpc) is 3.29. The summed E-state index contributed by atoms with van der Waals surface area (Å²) in [5, 5.41) is 5.01. The molecule has 0 bridgehead atoms. The van der Waals surface area contributed by atoms with Crippen molar-refractivity contribution in [3.63, 3.8) is 0 Å². The summed E-state index contributed by atoms with van der Waals surface area (Å²) >= 11 is 1.63. The van der Waals surface area contributed by atoms with Gasteiger partial charge in [-0.25, -0.2) is 9.78 Å². The number of carbonyl (C=O) groups excluding carboxylic acids is 1. The minimum atomic E-state index is -0.00516. The van der Waals surface area contributed by atoms with E-state index in [4.69, 9.17) is 9.72 Å². The molecule has 0 aromatic carbocycles. The highest BCUT2D eigenvalue weighted by molar-refractivity contribution is 7.13. The van der Waals surface area contributed by atoms with Gasteiger partial charge >= 0.3 is 6.03 Å². The maximum atomic E-state index is 12.6. The van der Waals surface area contributed by atoms with Crippen LogP contribution in [0.4, 0.5) is 9.93 Å². The smallest absolute Gasteiger partial charge is 0.324 e. The van der Waals surface area contributed by atoms with Gasteiger partial charge in [0.1, 0.15) is 0 Å². The molecule has 2 atom stereocenters. The van der Waals surface area contributed by atoms with Crippen molar-refractivity contribution in [2.45, 2.75) is 51.7 Å². The van der Waals surface area contributed by atoms with Gasteiger partial charge in [-0.15, -0.1) is 0 Å². The molecule has 3 saturated heterocycles. The molecule has 0 spiro atoms. The number of hydrogen-bond donors (Lipinski definition) is 1. The zero-order valence-corrected chi connectivity index (χ0v) is 15.9. The number of hydrogen-bond acceptors (Lipinski definition) is 5. The van der Waals surface area contributed by atoms with Crippen LogP contribution in [-0.2, 0) is 4.74 Å². The predicted octanol–water partition coefficient (Wildman–Crippen LogP) is 0.895. The summed E-state index contributed by atoms with van der Waals surface area (Å²) in [6.07, 6.45) is 4.11. The first-order valence-electron chi connectivity index (χ1n) is 9.19. The zero-order chi connectivity index (χ0) is 17.6. The lowest BCUT2D eigenvalue weighted by Crippen LogP contribution is -2.40. The van der Waals surface area contributed by atoms with Gasteiger partial charge in [0.05, 0.1) is 35.2 Å². The maximum absolute atomic E-state index is 12.6. The number of amides is 2. The van der Waals surface area contributed by atoms with E-state index in [-0.39, 0.29) is 18.1 Å². The topological polar surface area (TPSA) is 57.7 Å². The molecule has 6 nitrogen and oxygen atoms in total. The van der Waals surface area contributed by atoms with Gasteiger partial charge < -0.3 is 10.1 Å². The van der Waals surface area contributed by atoms with Gasteiger partial charge in [0.25, 0.3) is 0 Å². The van der Waals surface area contributed by atoms with Crippen molar-refractivity contribution >= 4 is 34.1 Å². The summed E-state index contributed by atoms with van der Waals surface area (Å²) in [7, 11) is 0. The van der Waals surface area contributed by atoms with Crippen LogP contribution >= 0.6 is 11.3 Å². The fourth-order valence-corrected chi connectivity index (χ4v) is 5.09. The summed E-state index contributed by atoms with van der Waals surface area (Å²) in [6.45, 7) is 9.80. The molecule has 1 N–H and O–H groups in total. The second-order valence-corrected chi connectivity index (χ2v) is 8.28. The van der Waals surface area contributed by atoms with Crippen LogP contribution in [0.15, 0.2) is 0 Å². The summed E-state index contributed by atoms with van der Waals surface area (Å²) in [5.41, 5.74) is 1.26. The average molecular weight is 362 g/mol. The highest BCUT2D eigenvalue weighted by Crippen LogP contribution is 2.29. The zero-order valence-electron chi connectivity index (χ0n) is 15.1. The van der Waals surface area contributed by atoms with Gasteiger partial charge in [0.2, 0.25) is 0 Å². The molecule has 2 unspecified atom stereocenters. The number of nitrogens with one attached hydrogen (secondary N) is 1. The largest absolute Gasteiger partial charge is 0.377 e. The molecule has 0 aliphatic carbocycles. The van der Waals surface area contributed by atoms with Gasteiger partial charge in [-0.2, -0.15) is 0 Å². The molecule has 0 saturated carbocycles. The Morgan fingerprint density at radius 3 is 2.96 bits per heavy atom. The summed E-state index contributed by atoms with van der Waals surface area (Å²) in [4.78, 5) is 21.8. The lowest BCUT2D eigenvalue weighted by atomic mass is 10.2. The van der Waals surface area contributed by atoms with E-state index in [0.29, 0.717) is 12.6 Å². The van der Waals surface area contributed by atoms with E-state index in [0.717, 1.165) is 43.0 Å². The number of anilines is 1. The molecule has 3 aliphatic heterocycles. The minimum absolute atomic E-state index is 0.00516. The Labute approximate surface area is 152 Å². The van der Waals surface area contributed by atoms with Crippen LogP contribution in [0.25, 0.3) is 11.6 Å². The van der Waals surface area contributed by atoms with Crippen LogP contribution in [0.3, 0.4) is 0 Å². The molecular formula is C18H26N4O2S. The van der Waals surface area contributed by atoms with Crippen LogP contribution in [0, 0.1) is 0 Å². The minimum Gasteiger partial charge on any atom is -0.377 e. The highest BCUT2D eigenvalue weighted by Gasteiger charge is 2.47. The van der Waals surface area contributed by atoms with Crippen molar-refractivity contribution in [3.8, 4) is 0 Å². The van der Waals surface area contributed by atoms with Crippen molar-refractivity contribution in [2.24, 2.45) is 0 Å². The van der Waals surface area contributed by atoms with E-state index in [1.807, 2.05) is 4.90 Å². The standard InChI is InChI=1S/C18H26N4O2S/c1-4-5-15-16(12-6-7-24-10-12)20-18(25-15)22-14-9-21(11(2)3)8-13(14)19-17(22)23/h5,11,13-14H,4,6-10H2,1-3H3,(H,19,23)/b15-5+,16-12+. The van der Waals surface area contributed by atoms with Crippen LogP contribution in [0.5, 0.6) is 0 Å². The predicted molar refractivity (Wildman–Crippen MR) is 100 cm³/mol. The molecule has 7 heteroatoms. The van der Waals surface area contributed by atoms with Crippen LogP contribution < -0.4 is 20.1 Å². The van der Waals surface area contributed by atoms with Gasteiger partial charge in [-0.05, 0) is 32.3 Å². The Bertz CT molecular complexity index is 779. The molecule has 136 valence electrons. The third-order valence-electron chi connectivity index (χ3n) is 5.30. The molecule has 1 aromatic heterocycles. The van der Waals surface area contributed by atoms with Crippen LogP contribution in [0.2, 0.25) is 0 Å². The van der Waals surface area contributed by atoms with E-state index in [9.17, 15) is 4.79 Å². The summed E-state index contributed by atoms with van der Waals surface area (Å²) in [6, 6.07) is 0.859. The van der Waals surface area contributed by atoms with Gasteiger partial charge in [-0.1, -0.05) is 24.3 Å². The molecule has 1 aromatic rings. The first-order chi connectivity index (χ1) is 12.1. The van der Waals surface area contributed by atoms with Gasteiger partial charge in [0.15, 0.2) is 5.13 Å².